The van der Waals surface area contributed by atoms with Crippen molar-refractivity contribution in [2.24, 2.45) is 10.7 Å². The van der Waals surface area contributed by atoms with Crippen LogP contribution in [-0.4, -0.2) is 47.6 Å². The second-order valence-electron chi connectivity index (χ2n) is 4.14. The number of nitrogens with two attached hydrogens (primary N) is 1. The fraction of sp³-hybridized carbons (Fsp3) is 0.273. The average Bonchev–Trinajstić information content (AvgIpc) is 2.62. The predicted octanol–water partition coefficient (Wildman–Crippen LogP) is 1.93. The molecule has 1 heterocycles. The van der Waals surface area contributed by atoms with E-state index < -0.39 is 0 Å². The molecular weight excluding hydrogens is 287 g/mol. The van der Waals surface area contributed by atoms with Crippen LogP contribution in [0.4, 0.5) is 5.69 Å². The number of halogens is 2. The third-order valence-corrected chi connectivity index (χ3v) is 3.36. The van der Waals surface area contributed by atoms with E-state index in [2.05, 4.69) is 4.99 Å². The average molecular weight is 301 g/mol. The molecule has 0 saturated carbocycles. The van der Waals surface area contributed by atoms with Gasteiger partial charge in [-0.05, 0) is 18.2 Å². The van der Waals surface area contributed by atoms with E-state index in [1.54, 1.807) is 28.1 Å². The van der Waals surface area contributed by atoms with Crippen molar-refractivity contribution in [1.29, 1.82) is 5.41 Å². The molecule has 1 aromatic carbocycles. The lowest BCUT2D eigenvalue weighted by molar-refractivity contribution is 0.133. The second kappa shape index (κ2) is 5.24. The van der Waals surface area contributed by atoms with Crippen molar-refractivity contribution < 1.29 is 0 Å². The lowest BCUT2D eigenvalue weighted by Crippen LogP contribution is -2.40. The predicted molar refractivity (Wildman–Crippen MR) is 77.7 cm³/mol. The summed E-state index contributed by atoms with van der Waals surface area (Å²) in [6.07, 6.45) is 0. The van der Waals surface area contributed by atoms with Crippen LogP contribution in [0, 0.1) is 5.41 Å². The molecule has 0 radical (unpaired) electrons. The summed E-state index contributed by atoms with van der Waals surface area (Å²) in [5.41, 5.74) is 6.09. The van der Waals surface area contributed by atoms with E-state index in [4.69, 9.17) is 34.3 Å². The number of hydrazine groups is 1. The zero-order valence-corrected chi connectivity index (χ0v) is 12.1. The molecular formula is C11H14Cl2N6. The van der Waals surface area contributed by atoms with Crippen LogP contribution in [-0.2, 0) is 0 Å². The highest BCUT2D eigenvalue weighted by Gasteiger charge is 2.30. The van der Waals surface area contributed by atoms with Crippen molar-refractivity contribution in [2.45, 2.75) is 0 Å². The van der Waals surface area contributed by atoms with Gasteiger partial charge in [0.05, 0.1) is 17.4 Å². The number of aliphatic imine (C=N–C) groups is 1. The Morgan fingerprint density at radius 1 is 1.37 bits per heavy atom. The smallest absolute Gasteiger partial charge is 0.224 e. The maximum Gasteiger partial charge on any atom is 0.224 e. The van der Waals surface area contributed by atoms with Crippen molar-refractivity contribution >= 4 is 40.8 Å². The molecule has 1 fully saturated rings. The number of nitrogens with one attached hydrogen (secondary N) is 1. The van der Waals surface area contributed by atoms with Gasteiger partial charge in [0, 0.05) is 19.1 Å². The Labute approximate surface area is 121 Å². The quantitative estimate of drug-likeness (QED) is 0.614. The minimum atomic E-state index is -0.0758. The lowest BCUT2D eigenvalue weighted by atomic mass is 10.3. The normalized spacial score (nSPS) is 18.4. The van der Waals surface area contributed by atoms with Crippen LogP contribution in [0.2, 0.25) is 10.0 Å². The first-order valence-electron chi connectivity index (χ1n) is 5.50. The van der Waals surface area contributed by atoms with Gasteiger partial charge in [-0.2, -0.15) is 0 Å². The molecule has 0 unspecified atom stereocenters. The van der Waals surface area contributed by atoms with Gasteiger partial charge in [0.25, 0.3) is 0 Å². The molecule has 8 heteroatoms. The minimum absolute atomic E-state index is 0.0758. The topological polar surface area (TPSA) is 72.0 Å². The number of hydrogen-bond donors (Lipinski definition) is 2. The summed E-state index contributed by atoms with van der Waals surface area (Å²) in [7, 11) is 3.71. The van der Waals surface area contributed by atoms with Crippen LogP contribution in [0.3, 0.4) is 0 Å². The molecule has 0 amide bonds. The molecule has 1 aliphatic heterocycles. The summed E-state index contributed by atoms with van der Waals surface area (Å²) in [5, 5.41) is 12.3. The highest BCUT2D eigenvalue weighted by atomic mass is 35.5. The van der Waals surface area contributed by atoms with Crippen molar-refractivity contribution in [3.8, 4) is 0 Å². The largest absolute Gasteiger partial charge is 0.370 e. The number of guanidine groups is 2. The molecule has 2 rings (SSSR count). The molecule has 0 spiro atoms. The van der Waals surface area contributed by atoms with Crippen molar-refractivity contribution in [3.63, 3.8) is 0 Å². The molecule has 6 nitrogen and oxygen atoms in total. The van der Waals surface area contributed by atoms with Gasteiger partial charge in [0.2, 0.25) is 5.96 Å². The first kappa shape index (κ1) is 13.9. The van der Waals surface area contributed by atoms with Crippen molar-refractivity contribution in [3.05, 3.63) is 28.2 Å². The summed E-state index contributed by atoms with van der Waals surface area (Å²) in [6, 6.07) is 5.04. The molecule has 1 aromatic rings. The van der Waals surface area contributed by atoms with E-state index in [9.17, 15) is 0 Å². The fourth-order valence-electron chi connectivity index (χ4n) is 1.69. The third kappa shape index (κ3) is 2.75. The van der Waals surface area contributed by atoms with Gasteiger partial charge in [-0.1, -0.05) is 23.2 Å². The molecule has 0 bridgehead atoms. The van der Waals surface area contributed by atoms with Crippen LogP contribution in [0.5, 0.6) is 0 Å². The zero-order chi connectivity index (χ0) is 14.2. The van der Waals surface area contributed by atoms with Crippen molar-refractivity contribution in [1.82, 2.24) is 14.9 Å². The maximum atomic E-state index is 7.57. The van der Waals surface area contributed by atoms with Crippen LogP contribution in [0.25, 0.3) is 0 Å². The Morgan fingerprint density at radius 3 is 2.68 bits per heavy atom. The fourth-order valence-corrected chi connectivity index (χ4v) is 2.01. The Bertz CT molecular complexity index is 544. The summed E-state index contributed by atoms with van der Waals surface area (Å²) in [4.78, 5) is 6.01. The first-order valence-corrected chi connectivity index (χ1v) is 6.26. The number of rotatable bonds is 1. The Hall–Kier alpha value is -1.50. The van der Waals surface area contributed by atoms with Gasteiger partial charge in [-0.3, -0.25) is 15.3 Å². The highest BCUT2D eigenvalue weighted by Crippen LogP contribution is 2.29. The summed E-state index contributed by atoms with van der Waals surface area (Å²) in [5.74, 6) is 0.451. The number of hydrogen-bond acceptors (Lipinski definition) is 3. The highest BCUT2D eigenvalue weighted by molar-refractivity contribution is 6.35. The van der Waals surface area contributed by atoms with E-state index in [0.717, 1.165) is 0 Å². The molecule has 1 aliphatic rings. The van der Waals surface area contributed by atoms with Crippen LogP contribution in [0.1, 0.15) is 0 Å². The minimum Gasteiger partial charge on any atom is -0.370 e. The molecule has 0 atom stereocenters. The Kier molecular flexibility index (Phi) is 3.84. The van der Waals surface area contributed by atoms with Gasteiger partial charge in [0.1, 0.15) is 0 Å². The van der Waals surface area contributed by atoms with Gasteiger partial charge >= 0.3 is 0 Å². The number of benzene rings is 1. The standard InChI is InChI=1S/C11H14Cl2N6/c1-17-6-19(10(14)15)11(18(17)2)16-9-5-7(12)3-4-8(9)13/h3-5H,6H2,1-2H3,(H3,14,15). The van der Waals surface area contributed by atoms with E-state index in [1.807, 2.05) is 19.1 Å². The molecule has 102 valence electrons. The maximum absolute atomic E-state index is 7.57. The summed E-state index contributed by atoms with van der Waals surface area (Å²) >= 11 is 12.0. The summed E-state index contributed by atoms with van der Waals surface area (Å²) in [6.45, 7) is 0.461. The van der Waals surface area contributed by atoms with E-state index >= 15 is 0 Å². The van der Waals surface area contributed by atoms with Crippen molar-refractivity contribution in [2.75, 3.05) is 20.8 Å². The lowest BCUT2D eigenvalue weighted by Gasteiger charge is -2.19. The van der Waals surface area contributed by atoms with E-state index in [-0.39, 0.29) is 5.96 Å². The molecule has 19 heavy (non-hydrogen) atoms. The van der Waals surface area contributed by atoms with Gasteiger partial charge in [0.15, 0.2) is 5.96 Å². The Morgan fingerprint density at radius 2 is 2.05 bits per heavy atom. The van der Waals surface area contributed by atoms with Crippen LogP contribution in [0.15, 0.2) is 23.2 Å². The second-order valence-corrected chi connectivity index (χ2v) is 4.99. The first-order chi connectivity index (χ1) is 8.90. The summed E-state index contributed by atoms with van der Waals surface area (Å²) < 4.78 is 0. The third-order valence-electron chi connectivity index (χ3n) is 2.81. The molecule has 0 aromatic heterocycles. The van der Waals surface area contributed by atoms with Crippen LogP contribution < -0.4 is 5.73 Å². The molecule has 0 aliphatic carbocycles. The van der Waals surface area contributed by atoms with E-state index in [1.165, 1.54) is 0 Å². The van der Waals surface area contributed by atoms with E-state index in [0.29, 0.717) is 28.4 Å². The molecule has 3 N–H and O–H groups in total. The van der Waals surface area contributed by atoms with Gasteiger partial charge in [-0.15, -0.1) is 0 Å². The number of nitrogens with zero attached hydrogens (tertiary/aromatic N) is 4. The zero-order valence-electron chi connectivity index (χ0n) is 10.6. The SMILES string of the molecule is CN1CN(C(=N)N)C(=Nc2cc(Cl)ccc2Cl)N1C. The molecule has 1 saturated heterocycles. The monoisotopic (exact) mass is 300 g/mol. The van der Waals surface area contributed by atoms with Gasteiger partial charge in [-0.25, -0.2) is 10.0 Å². The van der Waals surface area contributed by atoms with Crippen LogP contribution >= 0.6 is 23.2 Å². The van der Waals surface area contributed by atoms with Gasteiger partial charge < -0.3 is 5.73 Å². The Balaban J connectivity index is 2.45.